The molecule has 0 spiro atoms. The molecule has 0 fully saturated rings. The Hall–Kier alpha value is -1.29. The summed E-state index contributed by atoms with van der Waals surface area (Å²) in [7, 11) is -2.34. The molecule has 0 bridgehead atoms. The number of rotatable bonds is 13. The van der Waals surface area contributed by atoms with Gasteiger partial charge in [0.1, 0.15) is 0 Å². The normalized spacial score (nSPS) is 12.4. The predicted octanol–water partition coefficient (Wildman–Crippen LogP) is 8.97. The van der Waals surface area contributed by atoms with Gasteiger partial charge in [-0.1, -0.05) is 102 Å². The second-order valence-electron chi connectivity index (χ2n) is 9.37. The average molecular weight is 524 g/mol. The molecule has 2 rings (SSSR count). The van der Waals surface area contributed by atoms with Crippen molar-refractivity contribution < 1.29 is 16.5 Å². The van der Waals surface area contributed by atoms with Gasteiger partial charge in [0.05, 0.1) is 27.5 Å². The largest absolute Gasteiger partial charge is 0.255 e. The Bertz CT molecular complexity index is 797. The maximum Gasteiger partial charge on any atom is 0.0632 e. The molecule has 0 heterocycles. The second-order valence-corrected chi connectivity index (χ2v) is 20.3. The van der Waals surface area contributed by atoms with Crippen molar-refractivity contribution in [1.29, 1.82) is 0 Å². The third-order valence-electron chi connectivity index (χ3n) is 7.99. The molecule has 0 aromatic heterocycles. The topological polar surface area (TPSA) is 24.7 Å². The maximum absolute atomic E-state index is 4.66. The summed E-state index contributed by atoms with van der Waals surface area (Å²) in [5, 5.41) is 0. The van der Waals surface area contributed by atoms with E-state index in [2.05, 4.69) is 100 Å². The van der Waals surface area contributed by atoms with Crippen LogP contribution < -0.4 is 0 Å². The minimum atomic E-state index is -1.17. The molecule has 0 amide bonds. The van der Waals surface area contributed by atoms with Crippen molar-refractivity contribution >= 4 is 40.0 Å². The molecule has 0 aliphatic carbocycles. The molecule has 184 valence electrons. The van der Waals surface area contributed by atoms with Gasteiger partial charge < -0.3 is 0 Å². The van der Waals surface area contributed by atoms with Gasteiger partial charge >= 0.3 is 0 Å². The molecule has 0 N–H and O–H groups in total. The van der Waals surface area contributed by atoms with Gasteiger partial charge in [-0.25, -0.2) is 0 Å². The summed E-state index contributed by atoms with van der Waals surface area (Å²) >= 11 is 0. The zero-order chi connectivity index (χ0) is 23.5. The van der Waals surface area contributed by atoms with Crippen LogP contribution in [0.1, 0.15) is 52.7 Å². The van der Waals surface area contributed by atoms with Crippen LogP contribution >= 0.6 is 0 Å². The molecule has 0 saturated carbocycles. The summed E-state index contributed by atoms with van der Waals surface area (Å²) in [5.74, 6) is 0. The van der Waals surface area contributed by atoms with E-state index in [-0.39, 0.29) is 16.5 Å². The van der Waals surface area contributed by atoms with E-state index in [1.54, 1.807) is 0 Å². The van der Waals surface area contributed by atoms with Crippen molar-refractivity contribution in [2.75, 3.05) is 0 Å². The number of benzene rings is 2. The van der Waals surface area contributed by atoms with E-state index < -0.39 is 16.1 Å². The monoisotopic (exact) mass is 522 g/mol. The van der Waals surface area contributed by atoms with Gasteiger partial charge in [0, 0.05) is 28.9 Å². The minimum absolute atomic E-state index is 0. The van der Waals surface area contributed by atoms with Gasteiger partial charge in [-0.3, -0.25) is 9.98 Å². The van der Waals surface area contributed by atoms with E-state index in [0.29, 0.717) is 0 Å². The molecule has 2 aromatic rings. The van der Waals surface area contributed by atoms with E-state index in [1.165, 1.54) is 59.5 Å². The molecule has 0 saturated heterocycles. The molecule has 2 aromatic carbocycles. The zero-order valence-electron chi connectivity index (χ0n) is 21.6. The first-order valence-electron chi connectivity index (χ1n) is 12.7. The van der Waals surface area contributed by atoms with Crippen molar-refractivity contribution in [2.24, 2.45) is 9.98 Å². The number of hydrogen-bond donors (Lipinski definition) is 0. The molecular formula is C28H44N2NiSi2. The molecule has 0 radical (unpaired) electrons. The summed E-state index contributed by atoms with van der Waals surface area (Å²) < 4.78 is 0. The van der Waals surface area contributed by atoms with Crippen molar-refractivity contribution in [3.8, 4) is 0 Å². The van der Waals surface area contributed by atoms with Crippen LogP contribution in [0.5, 0.6) is 0 Å². The molecule has 0 aliphatic rings. The molecule has 0 unspecified atom stereocenters. The number of hydrogen-bond acceptors (Lipinski definition) is 2. The minimum Gasteiger partial charge on any atom is -0.255 e. The van der Waals surface area contributed by atoms with E-state index in [9.17, 15) is 0 Å². The maximum atomic E-state index is 4.66. The van der Waals surface area contributed by atoms with Gasteiger partial charge in [-0.15, -0.1) is 0 Å². The molecule has 5 heteroatoms. The molecule has 0 atom stereocenters. The van der Waals surface area contributed by atoms with Gasteiger partial charge in [-0.05, 0) is 47.5 Å². The van der Waals surface area contributed by atoms with Gasteiger partial charge in [0.2, 0.25) is 0 Å². The van der Waals surface area contributed by atoms with E-state index in [0.717, 1.165) is 11.4 Å². The Morgan fingerprint density at radius 3 is 1.21 bits per heavy atom. The van der Waals surface area contributed by atoms with Crippen LogP contribution in [-0.4, -0.2) is 28.6 Å². The van der Waals surface area contributed by atoms with Gasteiger partial charge in [-0.2, -0.15) is 0 Å². The Morgan fingerprint density at radius 1 is 0.576 bits per heavy atom. The van der Waals surface area contributed by atoms with Crippen molar-refractivity contribution in [1.82, 2.24) is 0 Å². The van der Waals surface area contributed by atoms with Gasteiger partial charge in [0.25, 0.3) is 0 Å². The van der Waals surface area contributed by atoms with Crippen LogP contribution in [0.15, 0.2) is 58.5 Å². The Labute approximate surface area is 215 Å². The summed E-state index contributed by atoms with van der Waals surface area (Å²) in [6.07, 6.45) is 3.66. The molecule has 0 aliphatic heterocycles. The zero-order valence-corrected chi connectivity index (χ0v) is 24.6. The Kier molecular flexibility index (Phi) is 13.4. The standard InChI is InChI=1S/C28H44N2Si2.Ni/c1-7-31(8-2,9-3)23-25-15-13-17-27(21-25)29-19-20-30-28-18-14-16-26(22-28)24-32(10-4,11-5)12-6;/h13-22H,7-12,23-24H2,1-6H3;. The van der Waals surface area contributed by atoms with E-state index >= 15 is 0 Å². The number of nitrogens with zero attached hydrogens (tertiary/aromatic N) is 2. The molecular weight excluding hydrogens is 479 g/mol. The Balaban J connectivity index is 0.00000544. The fourth-order valence-corrected chi connectivity index (χ4v) is 11.5. The van der Waals surface area contributed by atoms with Crippen molar-refractivity contribution in [2.45, 2.75) is 89.9 Å². The van der Waals surface area contributed by atoms with E-state index in [4.69, 9.17) is 0 Å². The number of aliphatic imine (C=N–C) groups is 2. The second kappa shape index (κ2) is 14.9. The third kappa shape index (κ3) is 8.77. The summed E-state index contributed by atoms with van der Waals surface area (Å²) in [6, 6.07) is 28.2. The quantitative estimate of drug-likeness (QED) is 0.185. The van der Waals surface area contributed by atoms with Crippen LogP contribution in [0, 0.1) is 0 Å². The van der Waals surface area contributed by atoms with Crippen LogP contribution in [0.2, 0.25) is 36.3 Å². The van der Waals surface area contributed by atoms with E-state index in [1.807, 2.05) is 12.4 Å². The van der Waals surface area contributed by atoms with Crippen LogP contribution in [0.4, 0.5) is 11.4 Å². The smallest absolute Gasteiger partial charge is 0.0632 e. The molecule has 2 nitrogen and oxygen atoms in total. The average Bonchev–Trinajstić information content (AvgIpc) is 2.84. The fraction of sp³-hybridized carbons (Fsp3) is 0.500. The van der Waals surface area contributed by atoms with Gasteiger partial charge in [0.15, 0.2) is 0 Å². The van der Waals surface area contributed by atoms with Crippen molar-refractivity contribution in [3.63, 3.8) is 0 Å². The summed E-state index contributed by atoms with van der Waals surface area (Å²) in [5.41, 5.74) is 4.94. The first kappa shape index (κ1) is 29.7. The SMILES string of the molecule is CC[Si](CC)(CC)Cc1cccc(N=CC=Nc2cccc(C[Si](CC)(CC)CC)c2)c1.[Ni]. The van der Waals surface area contributed by atoms with Crippen LogP contribution in [0.3, 0.4) is 0 Å². The van der Waals surface area contributed by atoms with Crippen LogP contribution in [0.25, 0.3) is 0 Å². The fourth-order valence-electron chi connectivity index (χ4n) is 4.85. The summed E-state index contributed by atoms with van der Waals surface area (Å²) in [6.45, 7) is 14.3. The summed E-state index contributed by atoms with van der Waals surface area (Å²) in [4.78, 5) is 9.32. The van der Waals surface area contributed by atoms with Crippen LogP contribution in [-0.2, 0) is 28.6 Å². The van der Waals surface area contributed by atoms with Crippen molar-refractivity contribution in [3.05, 3.63) is 59.7 Å². The third-order valence-corrected chi connectivity index (χ3v) is 19.3. The first-order chi connectivity index (χ1) is 15.5. The predicted molar refractivity (Wildman–Crippen MR) is 151 cm³/mol. The Morgan fingerprint density at radius 2 is 0.909 bits per heavy atom. The molecule has 33 heavy (non-hydrogen) atoms. The first-order valence-corrected chi connectivity index (χ1v) is 18.4.